The van der Waals surface area contributed by atoms with Crippen LogP contribution < -0.4 is 0 Å². The van der Waals surface area contributed by atoms with Gasteiger partial charge in [-0.3, -0.25) is 14.3 Å². The lowest BCUT2D eigenvalue weighted by atomic mass is 10.2. The molecule has 29 heavy (non-hydrogen) atoms. The Morgan fingerprint density at radius 2 is 2.03 bits per heavy atom. The van der Waals surface area contributed by atoms with Gasteiger partial charge in [0.25, 0.3) is 0 Å². The predicted molar refractivity (Wildman–Crippen MR) is 109 cm³/mol. The third-order valence-corrected chi connectivity index (χ3v) is 8.11. The second kappa shape index (κ2) is 8.45. The van der Waals surface area contributed by atoms with Crippen LogP contribution in [0.1, 0.15) is 6.42 Å². The summed E-state index contributed by atoms with van der Waals surface area (Å²) in [5.74, 6) is 0.466. The minimum atomic E-state index is -2.90. The van der Waals surface area contributed by atoms with E-state index in [-0.39, 0.29) is 35.0 Å². The lowest BCUT2D eigenvalue weighted by Gasteiger charge is -2.37. The number of carbonyl (C=O) groups is 1. The van der Waals surface area contributed by atoms with E-state index in [1.54, 1.807) is 29.1 Å². The van der Waals surface area contributed by atoms with E-state index >= 15 is 0 Å². The summed E-state index contributed by atoms with van der Waals surface area (Å²) in [5.41, 5.74) is 0.664. The SMILES string of the molecule is O=C(CSc1nccn1-c1cccc(F)c1)N1CCN(C2CCS(=O)(=O)C2)CC1. The molecule has 7 nitrogen and oxygen atoms in total. The van der Waals surface area contributed by atoms with E-state index < -0.39 is 9.84 Å². The molecular formula is C19H23FN4O3S2. The molecule has 2 fully saturated rings. The van der Waals surface area contributed by atoms with E-state index in [0.29, 0.717) is 43.4 Å². The highest BCUT2D eigenvalue weighted by molar-refractivity contribution is 7.99. The van der Waals surface area contributed by atoms with Crippen LogP contribution >= 0.6 is 11.8 Å². The molecule has 1 unspecified atom stereocenters. The van der Waals surface area contributed by atoms with Gasteiger partial charge in [0.1, 0.15) is 5.82 Å². The molecule has 2 aliphatic rings. The summed E-state index contributed by atoms with van der Waals surface area (Å²) in [4.78, 5) is 20.9. The second-order valence-electron chi connectivity index (χ2n) is 7.32. The van der Waals surface area contributed by atoms with Gasteiger partial charge in [0.05, 0.1) is 22.9 Å². The first-order chi connectivity index (χ1) is 13.9. The van der Waals surface area contributed by atoms with Crippen molar-refractivity contribution < 1.29 is 17.6 Å². The summed E-state index contributed by atoms with van der Waals surface area (Å²) in [6.07, 6.45) is 4.07. The van der Waals surface area contributed by atoms with E-state index in [9.17, 15) is 17.6 Å². The van der Waals surface area contributed by atoms with Crippen LogP contribution in [0.5, 0.6) is 0 Å². The summed E-state index contributed by atoms with van der Waals surface area (Å²) >= 11 is 1.33. The summed E-state index contributed by atoms with van der Waals surface area (Å²) in [7, 11) is -2.90. The van der Waals surface area contributed by atoms with Crippen LogP contribution in [0.2, 0.25) is 0 Å². The molecule has 3 heterocycles. The number of imidazole rings is 1. The molecule has 1 amide bonds. The molecule has 2 aliphatic heterocycles. The molecular weight excluding hydrogens is 415 g/mol. The van der Waals surface area contributed by atoms with Crippen molar-refractivity contribution in [2.45, 2.75) is 17.6 Å². The van der Waals surface area contributed by atoms with E-state index in [0.717, 1.165) is 0 Å². The fraction of sp³-hybridized carbons (Fsp3) is 0.474. The minimum absolute atomic E-state index is 0.0301. The number of sulfone groups is 1. The molecule has 1 aromatic carbocycles. The van der Waals surface area contributed by atoms with Crippen molar-refractivity contribution in [1.82, 2.24) is 19.4 Å². The first kappa shape index (κ1) is 20.4. The number of nitrogens with zero attached hydrogens (tertiary/aromatic N) is 4. The standard InChI is InChI=1S/C19H23FN4O3S2/c20-15-2-1-3-16(12-15)24-6-5-21-19(24)28-13-18(25)23-9-7-22(8-10-23)17-4-11-29(26,27)14-17/h1-3,5-6,12,17H,4,7-11,13-14H2. The summed E-state index contributed by atoms with van der Waals surface area (Å²) in [6, 6.07) is 6.33. The predicted octanol–water partition coefficient (Wildman–Crippen LogP) is 1.43. The van der Waals surface area contributed by atoms with Gasteiger partial charge in [0, 0.05) is 44.6 Å². The highest BCUT2D eigenvalue weighted by atomic mass is 32.2. The number of amides is 1. The van der Waals surface area contributed by atoms with Crippen molar-refractivity contribution in [3.05, 3.63) is 42.5 Å². The lowest BCUT2D eigenvalue weighted by molar-refractivity contribution is -0.130. The Morgan fingerprint density at radius 3 is 2.72 bits per heavy atom. The largest absolute Gasteiger partial charge is 0.339 e. The van der Waals surface area contributed by atoms with E-state index in [1.165, 1.54) is 23.9 Å². The van der Waals surface area contributed by atoms with Crippen LogP contribution in [0.25, 0.3) is 5.69 Å². The summed E-state index contributed by atoms with van der Waals surface area (Å²) in [6.45, 7) is 2.62. The van der Waals surface area contributed by atoms with Gasteiger partial charge in [-0.1, -0.05) is 17.8 Å². The lowest BCUT2D eigenvalue weighted by Crippen LogP contribution is -2.52. The average Bonchev–Trinajstić information content (AvgIpc) is 3.32. The molecule has 0 bridgehead atoms. The van der Waals surface area contributed by atoms with Crippen molar-refractivity contribution in [1.29, 1.82) is 0 Å². The number of rotatable bonds is 5. The maximum absolute atomic E-state index is 13.5. The van der Waals surface area contributed by atoms with Gasteiger partial charge in [0.15, 0.2) is 15.0 Å². The Kier molecular flexibility index (Phi) is 5.93. The van der Waals surface area contributed by atoms with Crippen molar-refractivity contribution in [2.24, 2.45) is 0 Å². The van der Waals surface area contributed by atoms with Crippen molar-refractivity contribution in [3.8, 4) is 5.69 Å². The maximum Gasteiger partial charge on any atom is 0.233 e. The Balaban J connectivity index is 1.30. The molecule has 0 radical (unpaired) electrons. The quantitative estimate of drug-likeness (QED) is 0.658. The number of hydrogen-bond acceptors (Lipinski definition) is 6. The van der Waals surface area contributed by atoms with Gasteiger partial charge in [-0.25, -0.2) is 17.8 Å². The molecule has 156 valence electrons. The normalized spacial score (nSPS) is 22.1. The number of thioether (sulfide) groups is 1. The van der Waals surface area contributed by atoms with Gasteiger partial charge < -0.3 is 4.90 Å². The highest BCUT2D eigenvalue weighted by Gasteiger charge is 2.34. The number of aromatic nitrogens is 2. The van der Waals surface area contributed by atoms with Gasteiger partial charge in [-0.2, -0.15) is 0 Å². The highest BCUT2D eigenvalue weighted by Crippen LogP contribution is 2.23. The summed E-state index contributed by atoms with van der Waals surface area (Å²) < 4.78 is 38.6. The van der Waals surface area contributed by atoms with Crippen LogP contribution in [0.3, 0.4) is 0 Å². The minimum Gasteiger partial charge on any atom is -0.339 e. The zero-order chi connectivity index (χ0) is 20.4. The molecule has 4 rings (SSSR count). The molecule has 0 spiro atoms. The molecule has 0 saturated carbocycles. The second-order valence-corrected chi connectivity index (χ2v) is 10.5. The number of piperazine rings is 1. The zero-order valence-electron chi connectivity index (χ0n) is 15.9. The molecule has 1 atom stereocenters. The third kappa shape index (κ3) is 4.81. The van der Waals surface area contributed by atoms with Crippen molar-refractivity contribution in [2.75, 3.05) is 43.4 Å². The Hall–Kier alpha value is -1.91. The molecule has 0 aliphatic carbocycles. The molecule has 2 aromatic rings. The van der Waals surface area contributed by atoms with Crippen LogP contribution in [0.4, 0.5) is 4.39 Å². The Bertz CT molecular complexity index is 987. The van der Waals surface area contributed by atoms with Crippen LogP contribution in [0, 0.1) is 5.82 Å². The first-order valence-corrected chi connectivity index (χ1v) is 12.4. The van der Waals surface area contributed by atoms with Crippen LogP contribution in [-0.4, -0.2) is 83.2 Å². The monoisotopic (exact) mass is 438 g/mol. The molecule has 1 aromatic heterocycles. The number of carbonyl (C=O) groups excluding carboxylic acids is 1. The van der Waals surface area contributed by atoms with E-state index in [4.69, 9.17) is 0 Å². The van der Waals surface area contributed by atoms with E-state index in [1.807, 2.05) is 4.90 Å². The van der Waals surface area contributed by atoms with Gasteiger partial charge in [0.2, 0.25) is 5.91 Å². The molecule has 10 heteroatoms. The van der Waals surface area contributed by atoms with Crippen molar-refractivity contribution in [3.63, 3.8) is 0 Å². The maximum atomic E-state index is 13.5. The first-order valence-electron chi connectivity index (χ1n) is 9.56. The van der Waals surface area contributed by atoms with Gasteiger partial charge in [-0.15, -0.1) is 0 Å². The van der Waals surface area contributed by atoms with Crippen LogP contribution in [0.15, 0.2) is 41.8 Å². The number of benzene rings is 1. The number of hydrogen-bond donors (Lipinski definition) is 0. The molecule has 2 saturated heterocycles. The fourth-order valence-corrected chi connectivity index (χ4v) is 6.47. The smallest absolute Gasteiger partial charge is 0.233 e. The van der Waals surface area contributed by atoms with E-state index in [2.05, 4.69) is 9.88 Å². The Labute approximate surface area is 173 Å². The zero-order valence-corrected chi connectivity index (χ0v) is 17.5. The third-order valence-electron chi connectivity index (χ3n) is 5.41. The van der Waals surface area contributed by atoms with Crippen molar-refractivity contribution >= 4 is 27.5 Å². The summed E-state index contributed by atoms with van der Waals surface area (Å²) in [5, 5.41) is 0.638. The average molecular weight is 439 g/mol. The molecule has 0 N–H and O–H groups in total. The van der Waals surface area contributed by atoms with Gasteiger partial charge in [-0.05, 0) is 24.6 Å². The van der Waals surface area contributed by atoms with Crippen LogP contribution in [-0.2, 0) is 14.6 Å². The topological polar surface area (TPSA) is 75.5 Å². The Morgan fingerprint density at radius 1 is 1.24 bits per heavy atom. The number of halogens is 1. The van der Waals surface area contributed by atoms with Gasteiger partial charge >= 0.3 is 0 Å². The fourth-order valence-electron chi connectivity index (χ4n) is 3.84.